The zero-order chi connectivity index (χ0) is 12.1. The second-order valence-electron chi connectivity index (χ2n) is 3.49. The number of nitrogens with zero attached hydrogens (tertiary/aromatic N) is 1. The van der Waals surface area contributed by atoms with Crippen molar-refractivity contribution in [1.29, 1.82) is 0 Å². The van der Waals surface area contributed by atoms with Crippen molar-refractivity contribution in [3.05, 3.63) is 65.5 Å². The van der Waals surface area contributed by atoms with Crippen molar-refractivity contribution in [3.63, 3.8) is 0 Å². The van der Waals surface area contributed by atoms with Crippen molar-refractivity contribution >= 4 is 18.1 Å². The number of carbonyl (C=O) groups is 1. The van der Waals surface area contributed by atoms with Gasteiger partial charge in [-0.25, -0.2) is 9.78 Å². The van der Waals surface area contributed by atoms with Crippen LogP contribution in [0.4, 0.5) is 0 Å². The van der Waals surface area contributed by atoms with Crippen LogP contribution in [0.2, 0.25) is 0 Å². The summed E-state index contributed by atoms with van der Waals surface area (Å²) in [6.45, 7) is 0. The number of pyridine rings is 1. The van der Waals surface area contributed by atoms with E-state index in [4.69, 9.17) is 5.11 Å². The first-order chi connectivity index (χ1) is 8.27. The van der Waals surface area contributed by atoms with E-state index in [0.29, 0.717) is 5.56 Å². The van der Waals surface area contributed by atoms with Gasteiger partial charge in [0.25, 0.3) is 0 Å². The summed E-state index contributed by atoms with van der Waals surface area (Å²) >= 11 is 0. The van der Waals surface area contributed by atoms with Gasteiger partial charge >= 0.3 is 5.97 Å². The largest absolute Gasteiger partial charge is 0.476 e. The van der Waals surface area contributed by atoms with E-state index >= 15 is 0 Å². The molecule has 0 aliphatic carbocycles. The van der Waals surface area contributed by atoms with Crippen LogP contribution >= 0.6 is 0 Å². The topological polar surface area (TPSA) is 50.2 Å². The van der Waals surface area contributed by atoms with Gasteiger partial charge in [0.2, 0.25) is 0 Å². The van der Waals surface area contributed by atoms with Gasteiger partial charge in [0, 0.05) is 11.8 Å². The number of aromatic nitrogens is 1. The summed E-state index contributed by atoms with van der Waals surface area (Å²) in [6.07, 6.45) is 5.10. The standard InChI is InChI=1S/C14H11NO2/c16-14(17)13-12(7-4-10-15-13)9-8-11-5-2-1-3-6-11/h1-10H,(H,16,17)/b9-8+. The smallest absolute Gasteiger partial charge is 0.355 e. The van der Waals surface area contributed by atoms with Crippen molar-refractivity contribution < 1.29 is 9.90 Å². The third-order valence-electron chi connectivity index (χ3n) is 2.30. The van der Waals surface area contributed by atoms with Crippen LogP contribution in [-0.2, 0) is 0 Å². The van der Waals surface area contributed by atoms with Gasteiger partial charge < -0.3 is 5.11 Å². The van der Waals surface area contributed by atoms with Gasteiger partial charge in [-0.1, -0.05) is 48.6 Å². The molecule has 0 bridgehead atoms. The van der Waals surface area contributed by atoms with E-state index < -0.39 is 5.97 Å². The molecule has 0 saturated carbocycles. The normalized spacial score (nSPS) is 10.6. The molecule has 0 spiro atoms. The van der Waals surface area contributed by atoms with Gasteiger partial charge in [0.05, 0.1) is 0 Å². The summed E-state index contributed by atoms with van der Waals surface area (Å²) in [4.78, 5) is 14.8. The average Bonchev–Trinajstić information content (AvgIpc) is 2.38. The number of carboxylic acid groups (broad SMARTS) is 1. The molecule has 0 aliphatic rings. The van der Waals surface area contributed by atoms with Crippen LogP contribution in [-0.4, -0.2) is 16.1 Å². The van der Waals surface area contributed by atoms with E-state index in [2.05, 4.69) is 4.98 Å². The van der Waals surface area contributed by atoms with Crippen molar-refractivity contribution in [1.82, 2.24) is 4.98 Å². The predicted octanol–water partition coefficient (Wildman–Crippen LogP) is 2.95. The highest BCUT2D eigenvalue weighted by molar-refractivity contribution is 5.91. The second-order valence-corrected chi connectivity index (χ2v) is 3.49. The maximum atomic E-state index is 10.9. The van der Waals surface area contributed by atoms with Gasteiger partial charge in [-0.05, 0) is 11.6 Å². The van der Waals surface area contributed by atoms with Crippen LogP contribution in [0.3, 0.4) is 0 Å². The number of carboxylic acids is 1. The lowest BCUT2D eigenvalue weighted by atomic mass is 10.1. The van der Waals surface area contributed by atoms with Crippen LogP contribution in [0, 0.1) is 0 Å². The maximum absolute atomic E-state index is 10.9. The fourth-order valence-corrected chi connectivity index (χ4v) is 1.48. The number of benzene rings is 1. The number of hydrogen-bond donors (Lipinski definition) is 1. The Balaban J connectivity index is 2.30. The zero-order valence-corrected chi connectivity index (χ0v) is 9.08. The Morgan fingerprint density at radius 1 is 1.06 bits per heavy atom. The number of hydrogen-bond acceptors (Lipinski definition) is 2. The summed E-state index contributed by atoms with van der Waals surface area (Å²) in [5.74, 6) is -1.02. The second kappa shape index (κ2) is 5.07. The van der Waals surface area contributed by atoms with Crippen molar-refractivity contribution in [2.75, 3.05) is 0 Å². The van der Waals surface area contributed by atoms with E-state index in [1.165, 1.54) is 6.20 Å². The molecule has 17 heavy (non-hydrogen) atoms. The minimum absolute atomic E-state index is 0.0691. The lowest BCUT2D eigenvalue weighted by molar-refractivity contribution is 0.0690. The lowest BCUT2D eigenvalue weighted by Crippen LogP contribution is -2.02. The van der Waals surface area contributed by atoms with Crippen molar-refractivity contribution in [2.24, 2.45) is 0 Å². The molecule has 2 aromatic rings. The van der Waals surface area contributed by atoms with Crippen LogP contribution in [0.5, 0.6) is 0 Å². The third kappa shape index (κ3) is 2.78. The monoisotopic (exact) mass is 225 g/mol. The molecule has 1 heterocycles. The molecule has 3 heteroatoms. The molecule has 0 atom stereocenters. The minimum Gasteiger partial charge on any atom is -0.476 e. The first-order valence-electron chi connectivity index (χ1n) is 5.19. The van der Waals surface area contributed by atoms with E-state index in [0.717, 1.165) is 5.56 Å². The molecule has 0 amide bonds. The van der Waals surface area contributed by atoms with Gasteiger partial charge in [-0.15, -0.1) is 0 Å². The number of rotatable bonds is 3. The summed E-state index contributed by atoms with van der Waals surface area (Å²) in [6, 6.07) is 13.2. The van der Waals surface area contributed by atoms with E-state index in [9.17, 15) is 4.79 Å². The van der Waals surface area contributed by atoms with E-state index in [1.807, 2.05) is 36.4 Å². The predicted molar refractivity (Wildman–Crippen MR) is 66.6 cm³/mol. The van der Waals surface area contributed by atoms with Gasteiger partial charge in [0.1, 0.15) is 0 Å². The molecule has 0 aliphatic heterocycles. The molecule has 1 N–H and O–H groups in total. The SMILES string of the molecule is O=C(O)c1ncccc1/C=C/c1ccccc1. The molecule has 0 radical (unpaired) electrons. The van der Waals surface area contributed by atoms with Crippen LogP contribution in [0.25, 0.3) is 12.2 Å². The Kier molecular flexibility index (Phi) is 3.31. The van der Waals surface area contributed by atoms with Gasteiger partial charge in [-0.3, -0.25) is 0 Å². The fourth-order valence-electron chi connectivity index (χ4n) is 1.48. The van der Waals surface area contributed by atoms with Crippen molar-refractivity contribution in [2.45, 2.75) is 0 Å². The Labute approximate surface area is 99.1 Å². The first kappa shape index (κ1) is 11.1. The van der Waals surface area contributed by atoms with Gasteiger partial charge in [-0.2, -0.15) is 0 Å². The van der Waals surface area contributed by atoms with Crippen LogP contribution in [0.15, 0.2) is 48.7 Å². The summed E-state index contributed by atoms with van der Waals surface area (Å²) in [7, 11) is 0. The fraction of sp³-hybridized carbons (Fsp3) is 0. The molecule has 0 fully saturated rings. The molecule has 84 valence electrons. The zero-order valence-electron chi connectivity index (χ0n) is 9.08. The first-order valence-corrected chi connectivity index (χ1v) is 5.19. The molecule has 0 saturated heterocycles. The summed E-state index contributed by atoms with van der Waals surface area (Å²) < 4.78 is 0. The molecule has 3 nitrogen and oxygen atoms in total. The molecule has 1 aromatic heterocycles. The molecular weight excluding hydrogens is 214 g/mol. The lowest BCUT2D eigenvalue weighted by Gasteiger charge is -1.98. The Hall–Kier alpha value is -2.42. The number of aromatic carboxylic acids is 1. The molecular formula is C14H11NO2. The molecule has 1 aromatic carbocycles. The summed E-state index contributed by atoms with van der Waals surface area (Å²) in [5, 5.41) is 8.97. The van der Waals surface area contributed by atoms with Gasteiger partial charge in [0.15, 0.2) is 5.69 Å². The maximum Gasteiger partial charge on any atom is 0.355 e. The Bertz CT molecular complexity index is 547. The highest BCUT2D eigenvalue weighted by Gasteiger charge is 2.07. The van der Waals surface area contributed by atoms with E-state index in [-0.39, 0.29) is 5.69 Å². The van der Waals surface area contributed by atoms with Crippen molar-refractivity contribution in [3.8, 4) is 0 Å². The highest BCUT2D eigenvalue weighted by Crippen LogP contribution is 2.11. The highest BCUT2D eigenvalue weighted by atomic mass is 16.4. The van der Waals surface area contributed by atoms with E-state index in [1.54, 1.807) is 18.2 Å². The third-order valence-corrected chi connectivity index (χ3v) is 2.30. The Morgan fingerprint density at radius 2 is 1.82 bits per heavy atom. The Morgan fingerprint density at radius 3 is 2.53 bits per heavy atom. The minimum atomic E-state index is -1.02. The van der Waals surface area contributed by atoms with Crippen LogP contribution < -0.4 is 0 Å². The molecule has 0 unspecified atom stereocenters. The quantitative estimate of drug-likeness (QED) is 0.873. The average molecular weight is 225 g/mol. The molecule has 2 rings (SSSR count). The summed E-state index contributed by atoms with van der Waals surface area (Å²) in [5.41, 5.74) is 1.69. The van der Waals surface area contributed by atoms with Crippen LogP contribution in [0.1, 0.15) is 21.6 Å².